The number of aliphatic carboxylic acids is 1. The predicted molar refractivity (Wildman–Crippen MR) is 179 cm³/mol. The summed E-state index contributed by atoms with van der Waals surface area (Å²) in [6, 6.07) is 1.73. The fourth-order valence-electron chi connectivity index (χ4n) is 6.58. The van der Waals surface area contributed by atoms with Crippen LogP contribution in [0.1, 0.15) is 97.7 Å². The number of aliphatic hydroxyl groups excluding tert-OH is 1. The SMILES string of the molecule is CC/C=C\C(=O)NC1CCC(C/C=C(C)/C=C/C2CC(CO)CC(C)(C)O2)CC1.O=C(O)C1CCN(c2ccnc(C(F)(F)F)n2)CC1. The van der Waals surface area contributed by atoms with Gasteiger partial charge in [-0.3, -0.25) is 9.59 Å². The minimum absolute atomic E-state index is 0.0488. The van der Waals surface area contributed by atoms with Gasteiger partial charge in [-0.2, -0.15) is 13.2 Å². The molecule has 48 heavy (non-hydrogen) atoms. The number of carbonyl (C=O) groups excluding carboxylic acids is 1. The Bertz CT molecular complexity index is 1270. The monoisotopic (exact) mass is 678 g/mol. The van der Waals surface area contributed by atoms with Crippen molar-refractivity contribution in [2.24, 2.45) is 17.8 Å². The van der Waals surface area contributed by atoms with Gasteiger partial charge in [-0.05, 0) is 109 Å². The number of piperidine rings is 1. The van der Waals surface area contributed by atoms with E-state index in [0.29, 0.717) is 43.8 Å². The van der Waals surface area contributed by atoms with Gasteiger partial charge in [0.2, 0.25) is 11.7 Å². The molecule has 12 heteroatoms. The molecule has 3 N–H and O–H groups in total. The number of hydrogen-bond acceptors (Lipinski definition) is 7. The second-order valence-corrected chi connectivity index (χ2v) is 13.8. The van der Waals surface area contributed by atoms with E-state index in [1.165, 1.54) is 24.5 Å². The van der Waals surface area contributed by atoms with Crippen molar-refractivity contribution in [2.75, 3.05) is 24.6 Å². The van der Waals surface area contributed by atoms with E-state index in [-0.39, 0.29) is 30.0 Å². The van der Waals surface area contributed by atoms with E-state index in [0.717, 1.165) is 44.7 Å². The zero-order chi connectivity index (χ0) is 35.3. The summed E-state index contributed by atoms with van der Waals surface area (Å²) in [7, 11) is 0. The number of halogens is 3. The molecule has 3 aliphatic rings. The first-order chi connectivity index (χ1) is 22.7. The first-order valence-electron chi connectivity index (χ1n) is 17.2. The number of nitrogens with one attached hydrogen (secondary N) is 1. The number of ether oxygens (including phenoxy) is 1. The van der Waals surface area contributed by atoms with Crippen LogP contribution in [0.5, 0.6) is 0 Å². The Morgan fingerprint density at radius 1 is 1.10 bits per heavy atom. The molecule has 2 atom stereocenters. The van der Waals surface area contributed by atoms with E-state index in [2.05, 4.69) is 54.3 Å². The van der Waals surface area contributed by atoms with Crippen LogP contribution in [0.4, 0.5) is 19.0 Å². The third-order valence-electron chi connectivity index (χ3n) is 9.18. The molecule has 3 heterocycles. The van der Waals surface area contributed by atoms with Crippen molar-refractivity contribution in [3.05, 3.63) is 54.0 Å². The molecule has 1 amide bonds. The first-order valence-corrected chi connectivity index (χ1v) is 17.2. The smallest absolute Gasteiger partial charge is 0.451 e. The van der Waals surface area contributed by atoms with Crippen LogP contribution in [-0.4, -0.2) is 69.5 Å². The maximum absolute atomic E-state index is 12.5. The summed E-state index contributed by atoms with van der Waals surface area (Å²) in [4.78, 5) is 30.9. The third kappa shape index (κ3) is 13.3. The Balaban J connectivity index is 0.000000284. The van der Waals surface area contributed by atoms with Gasteiger partial charge < -0.3 is 25.2 Å². The summed E-state index contributed by atoms with van der Waals surface area (Å²) in [6.07, 6.45) is 15.9. The summed E-state index contributed by atoms with van der Waals surface area (Å²) in [6.45, 7) is 9.41. The van der Waals surface area contributed by atoms with Crippen molar-refractivity contribution < 1.29 is 37.7 Å². The van der Waals surface area contributed by atoms with Crippen molar-refractivity contribution in [1.29, 1.82) is 0 Å². The molecule has 0 bridgehead atoms. The Morgan fingerprint density at radius 2 is 1.79 bits per heavy atom. The summed E-state index contributed by atoms with van der Waals surface area (Å²) in [5, 5.41) is 21.5. The summed E-state index contributed by atoms with van der Waals surface area (Å²) in [5.74, 6) is -1.20. The molecular weight excluding hydrogens is 625 g/mol. The molecular formula is C36H53F3N4O5. The largest absolute Gasteiger partial charge is 0.481 e. The van der Waals surface area contributed by atoms with Gasteiger partial charge in [0.1, 0.15) is 5.82 Å². The van der Waals surface area contributed by atoms with Gasteiger partial charge in [-0.25, -0.2) is 9.97 Å². The number of aliphatic hydroxyl groups is 1. The van der Waals surface area contributed by atoms with Crippen LogP contribution in [0.15, 0.2) is 48.2 Å². The Hall–Kier alpha value is -3.25. The highest BCUT2D eigenvalue weighted by Gasteiger charge is 2.36. The van der Waals surface area contributed by atoms with Crippen molar-refractivity contribution in [3.8, 4) is 0 Å². The molecule has 1 aromatic rings. The van der Waals surface area contributed by atoms with Crippen molar-refractivity contribution in [2.45, 2.75) is 116 Å². The number of allylic oxidation sites excluding steroid dienone is 4. The quantitative estimate of drug-likeness (QED) is 0.181. The van der Waals surface area contributed by atoms with E-state index >= 15 is 0 Å². The molecule has 2 saturated heterocycles. The minimum Gasteiger partial charge on any atom is -0.481 e. The highest BCUT2D eigenvalue weighted by Crippen LogP contribution is 2.33. The van der Waals surface area contributed by atoms with Crippen LogP contribution in [0.3, 0.4) is 0 Å². The molecule has 9 nitrogen and oxygen atoms in total. The van der Waals surface area contributed by atoms with Crippen LogP contribution in [0.25, 0.3) is 0 Å². The van der Waals surface area contributed by atoms with Gasteiger partial charge in [0, 0.05) is 31.9 Å². The van der Waals surface area contributed by atoms with Gasteiger partial charge in [0.25, 0.3) is 0 Å². The highest BCUT2D eigenvalue weighted by atomic mass is 19.4. The fraction of sp³-hybridized carbons (Fsp3) is 0.667. The van der Waals surface area contributed by atoms with Crippen LogP contribution >= 0.6 is 0 Å². The zero-order valence-corrected chi connectivity index (χ0v) is 28.7. The molecule has 0 spiro atoms. The predicted octanol–water partition coefficient (Wildman–Crippen LogP) is 6.88. The second kappa shape index (κ2) is 18.5. The summed E-state index contributed by atoms with van der Waals surface area (Å²) in [5.41, 5.74) is 1.11. The Labute approximate surface area is 282 Å². The number of rotatable bonds is 10. The molecule has 1 aromatic heterocycles. The minimum atomic E-state index is -4.57. The topological polar surface area (TPSA) is 125 Å². The molecule has 3 fully saturated rings. The second-order valence-electron chi connectivity index (χ2n) is 13.8. The number of carbonyl (C=O) groups is 2. The molecule has 0 radical (unpaired) electrons. The van der Waals surface area contributed by atoms with Gasteiger partial charge >= 0.3 is 12.1 Å². The fourth-order valence-corrected chi connectivity index (χ4v) is 6.58. The molecule has 0 aromatic carbocycles. The van der Waals surface area contributed by atoms with Crippen molar-refractivity contribution >= 4 is 17.7 Å². The number of aromatic nitrogens is 2. The van der Waals surface area contributed by atoms with Gasteiger partial charge in [-0.1, -0.05) is 36.8 Å². The summed E-state index contributed by atoms with van der Waals surface area (Å²) < 4.78 is 43.6. The van der Waals surface area contributed by atoms with E-state index in [1.54, 1.807) is 11.0 Å². The highest BCUT2D eigenvalue weighted by molar-refractivity contribution is 5.87. The zero-order valence-electron chi connectivity index (χ0n) is 28.7. The Kier molecular flexibility index (Phi) is 15.1. The molecule has 2 aliphatic heterocycles. The number of anilines is 1. The maximum Gasteiger partial charge on any atom is 0.451 e. The van der Waals surface area contributed by atoms with Crippen LogP contribution in [-0.2, 0) is 20.5 Å². The number of hydrogen-bond donors (Lipinski definition) is 3. The number of nitrogens with zero attached hydrogens (tertiary/aromatic N) is 3. The molecule has 268 valence electrons. The molecule has 4 rings (SSSR count). The lowest BCUT2D eigenvalue weighted by atomic mass is 9.83. The lowest BCUT2D eigenvalue weighted by molar-refractivity contribution is -0.145. The first kappa shape index (κ1) is 39.2. The standard InChI is InChI=1S/C25H41NO3.C11H12F3N3O2/c1-5-6-7-24(28)26-22-13-11-20(12-14-22)10-8-19(2)9-15-23-16-21(18-27)17-25(3,4)29-23;12-11(13,14)10-15-4-1-8(16-10)17-5-2-7(3-6-17)9(18)19/h6-9,15,20-23,27H,5,10-14,16-18H2,1-4H3,(H,26,28);1,4,7H,2-3,5-6H2,(H,18,19)/b7-6-,15-9+,19-8+;. The van der Waals surface area contributed by atoms with E-state index in [9.17, 15) is 27.9 Å². The lowest BCUT2D eigenvalue weighted by Crippen LogP contribution is -2.39. The number of alkyl halides is 3. The van der Waals surface area contributed by atoms with Crippen molar-refractivity contribution in [3.63, 3.8) is 0 Å². The Morgan fingerprint density at radius 3 is 2.40 bits per heavy atom. The summed E-state index contributed by atoms with van der Waals surface area (Å²) >= 11 is 0. The van der Waals surface area contributed by atoms with Crippen molar-refractivity contribution in [1.82, 2.24) is 15.3 Å². The molecule has 1 saturated carbocycles. The lowest BCUT2D eigenvalue weighted by Gasteiger charge is -2.39. The molecule has 1 aliphatic carbocycles. The van der Waals surface area contributed by atoms with Crippen LogP contribution in [0, 0.1) is 17.8 Å². The third-order valence-corrected chi connectivity index (χ3v) is 9.18. The number of amides is 1. The number of carboxylic acids is 1. The average molecular weight is 679 g/mol. The van der Waals surface area contributed by atoms with E-state index in [1.807, 2.05) is 13.0 Å². The van der Waals surface area contributed by atoms with E-state index < -0.39 is 23.9 Å². The van der Waals surface area contributed by atoms with Gasteiger partial charge in [0.15, 0.2) is 0 Å². The van der Waals surface area contributed by atoms with Gasteiger partial charge in [0.05, 0.1) is 17.6 Å². The van der Waals surface area contributed by atoms with Crippen LogP contribution < -0.4 is 10.2 Å². The molecule has 2 unspecified atom stereocenters. The average Bonchev–Trinajstić information content (AvgIpc) is 3.05. The van der Waals surface area contributed by atoms with E-state index in [4.69, 9.17) is 9.84 Å². The number of carboxylic acid groups (broad SMARTS) is 1. The van der Waals surface area contributed by atoms with Crippen LogP contribution in [0.2, 0.25) is 0 Å². The normalized spacial score (nSPS) is 25.5. The van der Waals surface area contributed by atoms with Gasteiger partial charge in [-0.15, -0.1) is 0 Å². The maximum atomic E-state index is 12.5.